The van der Waals surface area contributed by atoms with Crippen molar-refractivity contribution in [2.75, 3.05) is 17.2 Å². The van der Waals surface area contributed by atoms with Crippen LogP contribution in [-0.2, 0) is 0 Å². The number of nitrogen functional groups attached to an aromatic ring is 1. The van der Waals surface area contributed by atoms with Crippen LogP contribution in [0.15, 0.2) is 12.1 Å². The van der Waals surface area contributed by atoms with Crippen LogP contribution >= 0.6 is 0 Å². The molecule has 7 heteroatoms. The van der Waals surface area contributed by atoms with Gasteiger partial charge in [0.05, 0.1) is 17.5 Å². The van der Waals surface area contributed by atoms with Crippen LogP contribution in [0.2, 0.25) is 0 Å². The van der Waals surface area contributed by atoms with Gasteiger partial charge in [-0.15, -0.1) is 0 Å². The molecule has 2 N–H and O–H groups in total. The molecular weight excluding hydrogens is 288 g/mol. The Morgan fingerprint density at radius 2 is 1.76 bits per heavy atom. The highest BCUT2D eigenvalue weighted by Crippen LogP contribution is 2.34. The van der Waals surface area contributed by atoms with Crippen LogP contribution < -0.4 is 15.4 Å². The van der Waals surface area contributed by atoms with E-state index in [4.69, 9.17) is 10.5 Å². The molecule has 0 aliphatic heterocycles. The maximum Gasteiger partial charge on any atom is 0.405 e. The van der Waals surface area contributed by atoms with Gasteiger partial charge in [0, 0.05) is 18.2 Å². The van der Waals surface area contributed by atoms with Gasteiger partial charge < -0.3 is 15.4 Å². The van der Waals surface area contributed by atoms with Crippen LogP contribution in [0.25, 0.3) is 0 Å². The summed E-state index contributed by atoms with van der Waals surface area (Å²) in [5.74, 6) is -0.803. The lowest BCUT2D eigenvalue weighted by atomic mass is 10.2. The van der Waals surface area contributed by atoms with Gasteiger partial charge >= 0.3 is 6.18 Å². The molecule has 0 spiro atoms. The molecule has 3 nitrogen and oxygen atoms in total. The molecule has 0 amide bonds. The number of nitrogens with two attached hydrogens (primary N) is 1. The second-order valence-electron chi connectivity index (χ2n) is 5.34. The summed E-state index contributed by atoms with van der Waals surface area (Å²) in [6, 6.07) is 1.75. The standard InChI is InChI=1S/C14H20F4N2O/c1-8(2)20(7-14(16,17)18)12-6-13(21-9(3)4)10(15)5-11(12)19/h5-6,8-9H,7,19H2,1-4H3. The maximum atomic E-state index is 13.7. The summed E-state index contributed by atoms with van der Waals surface area (Å²) in [5.41, 5.74) is 5.73. The third kappa shape index (κ3) is 4.99. The van der Waals surface area contributed by atoms with Crippen molar-refractivity contribution in [3.05, 3.63) is 17.9 Å². The molecule has 0 aliphatic rings. The van der Waals surface area contributed by atoms with Crippen molar-refractivity contribution in [3.63, 3.8) is 0 Å². The van der Waals surface area contributed by atoms with E-state index in [1.165, 1.54) is 6.07 Å². The summed E-state index contributed by atoms with van der Waals surface area (Å²) in [6.45, 7) is 5.45. The highest BCUT2D eigenvalue weighted by molar-refractivity contribution is 5.70. The van der Waals surface area contributed by atoms with Crippen LogP contribution in [0, 0.1) is 5.82 Å². The second kappa shape index (κ2) is 6.41. The Hall–Kier alpha value is -1.66. The highest BCUT2D eigenvalue weighted by Gasteiger charge is 2.33. The van der Waals surface area contributed by atoms with Gasteiger partial charge in [0.1, 0.15) is 6.54 Å². The molecule has 0 saturated heterocycles. The molecule has 0 bridgehead atoms. The van der Waals surface area contributed by atoms with Crippen LogP contribution in [0.4, 0.5) is 28.9 Å². The van der Waals surface area contributed by atoms with Gasteiger partial charge in [-0.2, -0.15) is 13.2 Å². The first kappa shape index (κ1) is 17.4. The number of benzene rings is 1. The normalized spacial score (nSPS) is 12.1. The van der Waals surface area contributed by atoms with Crippen molar-refractivity contribution in [3.8, 4) is 5.75 Å². The molecule has 0 radical (unpaired) electrons. The second-order valence-corrected chi connectivity index (χ2v) is 5.34. The van der Waals surface area contributed by atoms with Gasteiger partial charge in [-0.25, -0.2) is 4.39 Å². The lowest BCUT2D eigenvalue weighted by Crippen LogP contribution is -2.39. The van der Waals surface area contributed by atoms with Gasteiger partial charge in [0.15, 0.2) is 11.6 Å². The quantitative estimate of drug-likeness (QED) is 0.660. The van der Waals surface area contributed by atoms with Crippen LogP contribution in [0.3, 0.4) is 0 Å². The van der Waals surface area contributed by atoms with E-state index in [1.54, 1.807) is 27.7 Å². The first-order valence-electron chi connectivity index (χ1n) is 6.60. The number of hydrogen-bond acceptors (Lipinski definition) is 3. The molecule has 0 aliphatic carbocycles. The number of rotatable bonds is 5. The molecule has 0 saturated carbocycles. The van der Waals surface area contributed by atoms with Crippen molar-refractivity contribution >= 4 is 11.4 Å². The van der Waals surface area contributed by atoms with Crippen LogP contribution in [0.1, 0.15) is 27.7 Å². The summed E-state index contributed by atoms with van der Waals surface area (Å²) in [4.78, 5) is 1.07. The number of ether oxygens (including phenoxy) is 1. The number of hydrogen-bond donors (Lipinski definition) is 1. The third-order valence-corrected chi connectivity index (χ3v) is 2.73. The average molecular weight is 308 g/mol. The summed E-state index contributed by atoms with van der Waals surface area (Å²) >= 11 is 0. The van der Waals surface area contributed by atoms with Crippen molar-refractivity contribution in [2.24, 2.45) is 0 Å². The van der Waals surface area contributed by atoms with E-state index in [1.807, 2.05) is 0 Å². The van der Waals surface area contributed by atoms with E-state index in [2.05, 4.69) is 0 Å². The Kier molecular flexibility index (Phi) is 5.31. The van der Waals surface area contributed by atoms with Gasteiger partial charge in [0.25, 0.3) is 0 Å². The van der Waals surface area contributed by atoms with Crippen LogP contribution in [-0.4, -0.2) is 24.9 Å². The molecule has 1 rings (SSSR count). The molecule has 0 fully saturated rings. The van der Waals surface area contributed by atoms with Crippen molar-refractivity contribution < 1.29 is 22.3 Å². The van der Waals surface area contributed by atoms with Crippen molar-refractivity contribution in [1.29, 1.82) is 0 Å². The summed E-state index contributed by atoms with van der Waals surface area (Å²) in [5, 5.41) is 0. The molecule has 1 aromatic rings. The number of halogens is 4. The number of alkyl halides is 3. The SMILES string of the molecule is CC(C)Oc1cc(N(CC(F)(F)F)C(C)C)c(N)cc1F. The van der Waals surface area contributed by atoms with E-state index in [-0.39, 0.29) is 23.2 Å². The lowest BCUT2D eigenvalue weighted by Gasteiger charge is -2.31. The maximum absolute atomic E-state index is 13.7. The Morgan fingerprint density at radius 3 is 2.19 bits per heavy atom. The molecule has 21 heavy (non-hydrogen) atoms. The minimum absolute atomic E-state index is 0.0541. The van der Waals surface area contributed by atoms with Gasteiger partial charge in [-0.05, 0) is 27.7 Å². The average Bonchev–Trinajstić information content (AvgIpc) is 2.28. The first-order valence-corrected chi connectivity index (χ1v) is 6.60. The predicted octanol–water partition coefficient (Wildman–Crippen LogP) is 3.97. The molecule has 0 atom stereocenters. The Labute approximate surface area is 121 Å². The van der Waals surface area contributed by atoms with E-state index in [9.17, 15) is 17.6 Å². The molecule has 1 aromatic carbocycles. The Morgan fingerprint density at radius 1 is 1.19 bits per heavy atom. The van der Waals surface area contributed by atoms with E-state index in [0.717, 1.165) is 11.0 Å². The Balaban J connectivity index is 3.24. The highest BCUT2D eigenvalue weighted by atomic mass is 19.4. The summed E-state index contributed by atoms with van der Waals surface area (Å²) < 4.78 is 57.1. The zero-order chi connectivity index (χ0) is 16.4. The largest absolute Gasteiger partial charge is 0.488 e. The molecule has 0 aromatic heterocycles. The van der Waals surface area contributed by atoms with E-state index >= 15 is 0 Å². The monoisotopic (exact) mass is 308 g/mol. The fraction of sp³-hybridized carbons (Fsp3) is 0.571. The summed E-state index contributed by atoms with van der Waals surface area (Å²) in [7, 11) is 0. The van der Waals surface area contributed by atoms with Gasteiger partial charge in [0.2, 0.25) is 0 Å². The Bertz CT molecular complexity index is 487. The number of anilines is 2. The van der Waals surface area contributed by atoms with E-state index in [0.29, 0.717) is 0 Å². The van der Waals surface area contributed by atoms with Crippen LogP contribution in [0.5, 0.6) is 5.75 Å². The third-order valence-electron chi connectivity index (χ3n) is 2.73. The zero-order valence-corrected chi connectivity index (χ0v) is 12.5. The predicted molar refractivity (Wildman–Crippen MR) is 75.1 cm³/mol. The smallest absolute Gasteiger partial charge is 0.405 e. The van der Waals surface area contributed by atoms with Gasteiger partial charge in [-0.1, -0.05) is 0 Å². The molecule has 0 heterocycles. The molecular formula is C14H20F4N2O. The van der Waals surface area contributed by atoms with E-state index < -0.39 is 24.6 Å². The minimum atomic E-state index is -4.38. The van der Waals surface area contributed by atoms with Crippen molar-refractivity contribution in [1.82, 2.24) is 0 Å². The zero-order valence-electron chi connectivity index (χ0n) is 12.5. The molecule has 0 unspecified atom stereocenters. The fourth-order valence-corrected chi connectivity index (χ4v) is 1.89. The van der Waals surface area contributed by atoms with Gasteiger partial charge in [-0.3, -0.25) is 0 Å². The topological polar surface area (TPSA) is 38.5 Å². The number of nitrogens with zero attached hydrogens (tertiary/aromatic N) is 1. The summed E-state index contributed by atoms with van der Waals surface area (Å²) in [6.07, 6.45) is -4.68. The lowest BCUT2D eigenvalue weighted by molar-refractivity contribution is -0.120. The first-order chi connectivity index (χ1) is 9.51. The molecule has 120 valence electrons. The minimum Gasteiger partial charge on any atom is -0.488 e. The van der Waals surface area contributed by atoms with Crippen molar-refractivity contribution in [2.45, 2.75) is 46.0 Å². The fourth-order valence-electron chi connectivity index (χ4n) is 1.89.